The lowest BCUT2D eigenvalue weighted by Gasteiger charge is -2.15. The van der Waals surface area contributed by atoms with Crippen LogP contribution in [0.25, 0.3) is 22.4 Å². The largest absolute Gasteiger partial charge is 0.480 e. The molecule has 0 radical (unpaired) electrons. The molecule has 3 aromatic carbocycles. The van der Waals surface area contributed by atoms with Crippen LogP contribution in [0.1, 0.15) is 16.1 Å². The van der Waals surface area contributed by atoms with Crippen LogP contribution in [0.5, 0.6) is 0 Å². The minimum absolute atomic E-state index is 0.148. The highest BCUT2D eigenvalue weighted by Crippen LogP contribution is 2.21. The number of carbonyl (C=O) groups is 2. The maximum Gasteiger partial charge on any atom is 0.326 e. The number of pyridine rings is 1. The molecule has 0 aliphatic carbocycles. The fraction of sp³-hybridized carbons (Fsp3) is 0.0741. The van der Waals surface area contributed by atoms with Crippen molar-refractivity contribution in [2.75, 3.05) is 5.73 Å². The Morgan fingerprint density at radius 1 is 0.788 bits per heavy atom. The number of carbonyl (C=O) groups excluding carboxylic acids is 1. The van der Waals surface area contributed by atoms with Gasteiger partial charge in [0.15, 0.2) is 0 Å². The molecule has 0 spiro atoms. The molecule has 33 heavy (non-hydrogen) atoms. The zero-order chi connectivity index (χ0) is 23.2. The van der Waals surface area contributed by atoms with Crippen molar-refractivity contribution >= 4 is 17.6 Å². The standard InChI is InChI=1S/C27H23N3O3/c28-22-15-13-21(14-16-22)23-7-4-8-24(29-23)26(31)30-25(27(32)33)17-18-9-11-20(12-10-18)19-5-2-1-3-6-19/h1-16,25H,17,28H2,(H,30,31)(H,32,33)/t25-/m0/s1. The van der Waals surface area contributed by atoms with Gasteiger partial charge in [-0.2, -0.15) is 0 Å². The summed E-state index contributed by atoms with van der Waals surface area (Å²) in [6, 6.07) is 28.7. The highest BCUT2D eigenvalue weighted by molar-refractivity contribution is 5.95. The number of anilines is 1. The van der Waals surface area contributed by atoms with E-state index in [9.17, 15) is 14.7 Å². The van der Waals surface area contributed by atoms with Crippen molar-refractivity contribution in [3.8, 4) is 22.4 Å². The number of nitrogens with two attached hydrogens (primary N) is 1. The summed E-state index contributed by atoms with van der Waals surface area (Å²) in [7, 11) is 0. The van der Waals surface area contributed by atoms with Crippen molar-refractivity contribution in [1.82, 2.24) is 10.3 Å². The van der Waals surface area contributed by atoms with Gasteiger partial charge in [-0.05, 0) is 41.0 Å². The second-order valence-electron chi connectivity index (χ2n) is 7.66. The molecular formula is C27H23N3O3. The number of nitrogens with one attached hydrogen (secondary N) is 1. The predicted molar refractivity (Wildman–Crippen MR) is 129 cm³/mol. The van der Waals surface area contributed by atoms with E-state index in [1.54, 1.807) is 30.3 Å². The van der Waals surface area contributed by atoms with Gasteiger partial charge in [-0.1, -0.05) is 72.8 Å². The minimum atomic E-state index is -1.11. The molecule has 4 N–H and O–H groups in total. The number of hydrogen-bond acceptors (Lipinski definition) is 4. The number of rotatable bonds is 7. The number of aliphatic carboxylic acids is 1. The van der Waals surface area contributed by atoms with Crippen molar-refractivity contribution in [3.63, 3.8) is 0 Å². The highest BCUT2D eigenvalue weighted by Gasteiger charge is 2.22. The van der Waals surface area contributed by atoms with Gasteiger partial charge in [-0.15, -0.1) is 0 Å². The number of hydrogen-bond donors (Lipinski definition) is 3. The first kappa shape index (κ1) is 21.8. The number of carboxylic acid groups (broad SMARTS) is 1. The van der Waals surface area contributed by atoms with Crippen molar-refractivity contribution < 1.29 is 14.7 Å². The first-order chi connectivity index (χ1) is 16.0. The minimum Gasteiger partial charge on any atom is -0.480 e. The molecule has 0 aliphatic heterocycles. The van der Waals surface area contributed by atoms with E-state index in [0.717, 1.165) is 22.3 Å². The summed E-state index contributed by atoms with van der Waals surface area (Å²) >= 11 is 0. The van der Waals surface area contributed by atoms with Gasteiger partial charge in [-0.25, -0.2) is 9.78 Å². The average Bonchev–Trinajstić information content (AvgIpc) is 2.85. The third-order valence-corrected chi connectivity index (χ3v) is 5.29. The molecule has 1 heterocycles. The zero-order valence-corrected chi connectivity index (χ0v) is 17.8. The maximum absolute atomic E-state index is 12.8. The molecule has 0 aliphatic rings. The van der Waals surface area contributed by atoms with E-state index in [1.165, 1.54) is 0 Å². The molecule has 1 amide bonds. The van der Waals surface area contributed by atoms with Gasteiger partial charge >= 0.3 is 5.97 Å². The summed E-state index contributed by atoms with van der Waals surface area (Å²) in [5.41, 5.74) is 10.9. The lowest BCUT2D eigenvalue weighted by Crippen LogP contribution is -2.42. The number of nitrogens with zero attached hydrogens (tertiary/aromatic N) is 1. The molecule has 4 rings (SSSR count). The van der Waals surface area contributed by atoms with Gasteiger partial charge in [0.05, 0.1) is 5.69 Å². The Morgan fingerprint density at radius 2 is 1.42 bits per heavy atom. The smallest absolute Gasteiger partial charge is 0.326 e. The fourth-order valence-electron chi connectivity index (χ4n) is 3.51. The van der Waals surface area contributed by atoms with Crippen LogP contribution >= 0.6 is 0 Å². The van der Waals surface area contributed by atoms with E-state index < -0.39 is 17.9 Å². The van der Waals surface area contributed by atoms with Crippen molar-refractivity contribution in [3.05, 3.63) is 108 Å². The lowest BCUT2D eigenvalue weighted by molar-refractivity contribution is -0.139. The van der Waals surface area contributed by atoms with Gasteiger partial charge in [0.2, 0.25) is 0 Å². The number of amides is 1. The van der Waals surface area contributed by atoms with Crippen LogP contribution in [-0.4, -0.2) is 28.0 Å². The summed E-state index contributed by atoms with van der Waals surface area (Å²) in [6.07, 6.45) is 0.161. The summed E-state index contributed by atoms with van der Waals surface area (Å²) in [5.74, 6) is -1.65. The highest BCUT2D eigenvalue weighted by atomic mass is 16.4. The Labute approximate surface area is 191 Å². The molecule has 1 atom stereocenters. The van der Waals surface area contributed by atoms with Crippen LogP contribution in [0, 0.1) is 0 Å². The van der Waals surface area contributed by atoms with Crippen LogP contribution in [0.4, 0.5) is 5.69 Å². The molecule has 0 fully saturated rings. The molecular weight excluding hydrogens is 414 g/mol. The summed E-state index contributed by atoms with van der Waals surface area (Å²) in [6.45, 7) is 0. The van der Waals surface area contributed by atoms with E-state index in [-0.39, 0.29) is 12.1 Å². The summed E-state index contributed by atoms with van der Waals surface area (Å²) in [5, 5.41) is 12.3. The van der Waals surface area contributed by atoms with Crippen LogP contribution in [0.3, 0.4) is 0 Å². The molecule has 6 heteroatoms. The first-order valence-corrected chi connectivity index (χ1v) is 10.5. The molecule has 1 aromatic heterocycles. The van der Waals surface area contributed by atoms with Gasteiger partial charge < -0.3 is 16.2 Å². The Balaban J connectivity index is 1.47. The molecule has 164 valence electrons. The van der Waals surface area contributed by atoms with E-state index in [2.05, 4.69) is 10.3 Å². The van der Waals surface area contributed by atoms with Gasteiger partial charge in [0, 0.05) is 17.7 Å². The van der Waals surface area contributed by atoms with Crippen LogP contribution < -0.4 is 11.1 Å². The lowest BCUT2D eigenvalue weighted by atomic mass is 10.0. The van der Waals surface area contributed by atoms with Crippen LogP contribution in [-0.2, 0) is 11.2 Å². The van der Waals surface area contributed by atoms with Crippen molar-refractivity contribution in [1.29, 1.82) is 0 Å². The van der Waals surface area contributed by atoms with E-state index in [0.29, 0.717) is 11.4 Å². The monoisotopic (exact) mass is 437 g/mol. The Kier molecular flexibility index (Phi) is 6.45. The second-order valence-corrected chi connectivity index (χ2v) is 7.66. The quantitative estimate of drug-likeness (QED) is 0.371. The molecule has 0 saturated heterocycles. The summed E-state index contributed by atoms with van der Waals surface area (Å²) in [4.78, 5) is 29.0. The van der Waals surface area contributed by atoms with Gasteiger partial charge in [-0.3, -0.25) is 4.79 Å². The Bertz CT molecular complexity index is 1250. The third kappa shape index (κ3) is 5.43. The topological polar surface area (TPSA) is 105 Å². The van der Waals surface area contributed by atoms with Crippen molar-refractivity contribution in [2.45, 2.75) is 12.5 Å². The predicted octanol–water partition coefficient (Wildman–Crippen LogP) is 4.42. The number of carboxylic acids is 1. The number of aromatic nitrogens is 1. The van der Waals surface area contributed by atoms with Crippen LogP contribution in [0.15, 0.2) is 97.1 Å². The Hall–Kier alpha value is -4.45. The van der Waals surface area contributed by atoms with Crippen molar-refractivity contribution in [2.24, 2.45) is 0 Å². The summed E-state index contributed by atoms with van der Waals surface area (Å²) < 4.78 is 0. The molecule has 0 unspecified atom stereocenters. The molecule has 0 bridgehead atoms. The van der Waals surface area contributed by atoms with Crippen LogP contribution in [0.2, 0.25) is 0 Å². The SMILES string of the molecule is Nc1ccc(-c2cccc(C(=O)N[C@@H](Cc3ccc(-c4ccccc4)cc3)C(=O)O)n2)cc1. The maximum atomic E-state index is 12.8. The van der Waals surface area contributed by atoms with Gasteiger partial charge in [0.25, 0.3) is 5.91 Å². The molecule has 6 nitrogen and oxygen atoms in total. The van der Waals surface area contributed by atoms with Gasteiger partial charge in [0.1, 0.15) is 11.7 Å². The van der Waals surface area contributed by atoms with E-state index in [4.69, 9.17) is 5.73 Å². The second kappa shape index (κ2) is 9.78. The normalized spacial score (nSPS) is 11.5. The molecule has 0 saturated carbocycles. The van der Waals surface area contributed by atoms with E-state index in [1.807, 2.05) is 66.7 Å². The Morgan fingerprint density at radius 3 is 2.09 bits per heavy atom. The fourth-order valence-corrected chi connectivity index (χ4v) is 3.51. The first-order valence-electron chi connectivity index (χ1n) is 10.5. The molecule has 4 aromatic rings. The number of nitrogen functional groups attached to an aromatic ring is 1. The number of benzene rings is 3. The zero-order valence-electron chi connectivity index (χ0n) is 17.8. The average molecular weight is 437 g/mol. The van der Waals surface area contributed by atoms with E-state index >= 15 is 0 Å². The third-order valence-electron chi connectivity index (χ3n) is 5.29.